The summed E-state index contributed by atoms with van der Waals surface area (Å²) in [7, 11) is 0. The molecule has 1 aliphatic heterocycles. The molecule has 21 heavy (non-hydrogen) atoms. The Morgan fingerprint density at radius 2 is 1.71 bits per heavy atom. The van der Waals surface area contributed by atoms with Crippen LogP contribution in [0.15, 0.2) is 41.7 Å². The Labute approximate surface area is 126 Å². The Kier molecular flexibility index (Phi) is 5.39. The quantitative estimate of drug-likeness (QED) is 0.668. The Morgan fingerprint density at radius 3 is 2.24 bits per heavy atom. The van der Waals surface area contributed by atoms with E-state index in [1.54, 1.807) is 6.92 Å². The highest BCUT2D eigenvalue weighted by molar-refractivity contribution is 5.93. The molecule has 1 fully saturated rings. The van der Waals surface area contributed by atoms with Crippen molar-refractivity contribution in [3.8, 4) is 0 Å². The molecular formula is C17H24N2O2. The molecule has 0 aromatic heterocycles. The van der Waals surface area contributed by atoms with E-state index in [0.717, 1.165) is 32.7 Å². The van der Waals surface area contributed by atoms with Crippen molar-refractivity contribution in [2.24, 2.45) is 0 Å². The van der Waals surface area contributed by atoms with E-state index in [4.69, 9.17) is 0 Å². The van der Waals surface area contributed by atoms with Gasteiger partial charge < -0.3 is 10.0 Å². The van der Waals surface area contributed by atoms with Gasteiger partial charge in [0.2, 0.25) is 0 Å². The topological polar surface area (TPSA) is 43.8 Å². The summed E-state index contributed by atoms with van der Waals surface area (Å²) in [6.45, 7) is 7.92. The predicted octanol–water partition coefficient (Wildman–Crippen LogP) is 2.62. The summed E-state index contributed by atoms with van der Waals surface area (Å²) in [5, 5.41) is 9.53. The van der Waals surface area contributed by atoms with Gasteiger partial charge in [0, 0.05) is 44.0 Å². The second-order valence-electron chi connectivity index (χ2n) is 5.53. The predicted molar refractivity (Wildman–Crippen MR) is 85.7 cm³/mol. The number of hydrogen-bond acceptors (Lipinski definition) is 4. The number of Topliss-reactive ketones (excluding diaryl/α,β-unsaturated/α-hetero) is 1. The Morgan fingerprint density at radius 1 is 1.10 bits per heavy atom. The first-order valence-corrected chi connectivity index (χ1v) is 7.50. The number of piperazine rings is 1. The molecule has 0 unspecified atom stereocenters. The van der Waals surface area contributed by atoms with E-state index in [1.165, 1.54) is 12.6 Å². The van der Waals surface area contributed by atoms with Gasteiger partial charge in [-0.05, 0) is 32.4 Å². The SMILES string of the molecule is CC(=O)C(CCN1CCN(c2ccccc2)CC1)=C(C)O. The molecule has 0 radical (unpaired) electrons. The van der Waals surface area contributed by atoms with E-state index in [9.17, 15) is 9.90 Å². The molecule has 1 aliphatic rings. The van der Waals surface area contributed by atoms with Gasteiger partial charge in [-0.3, -0.25) is 9.69 Å². The van der Waals surface area contributed by atoms with Gasteiger partial charge in [0.1, 0.15) is 0 Å². The number of allylic oxidation sites excluding steroid dienone is 1. The molecule has 0 spiro atoms. The van der Waals surface area contributed by atoms with Gasteiger partial charge in [0.05, 0.1) is 5.76 Å². The summed E-state index contributed by atoms with van der Waals surface area (Å²) < 4.78 is 0. The van der Waals surface area contributed by atoms with Crippen LogP contribution in [-0.4, -0.2) is 48.5 Å². The van der Waals surface area contributed by atoms with E-state index in [1.807, 2.05) is 6.07 Å². The fourth-order valence-electron chi connectivity index (χ4n) is 2.75. The maximum atomic E-state index is 11.5. The van der Waals surface area contributed by atoms with Gasteiger partial charge in [-0.1, -0.05) is 18.2 Å². The molecule has 1 heterocycles. The maximum absolute atomic E-state index is 11.5. The highest BCUT2D eigenvalue weighted by atomic mass is 16.3. The summed E-state index contributed by atoms with van der Waals surface area (Å²) >= 11 is 0. The van der Waals surface area contributed by atoms with E-state index >= 15 is 0 Å². The highest BCUT2D eigenvalue weighted by Gasteiger charge is 2.18. The largest absolute Gasteiger partial charge is 0.512 e. The van der Waals surface area contributed by atoms with Crippen molar-refractivity contribution in [2.45, 2.75) is 20.3 Å². The molecule has 1 aromatic rings. The first-order chi connectivity index (χ1) is 10.1. The number of rotatable bonds is 5. The molecular weight excluding hydrogens is 264 g/mol. The van der Waals surface area contributed by atoms with Crippen molar-refractivity contribution in [1.82, 2.24) is 4.90 Å². The van der Waals surface area contributed by atoms with Gasteiger partial charge in [-0.25, -0.2) is 0 Å². The molecule has 2 rings (SSSR count). The number of aliphatic hydroxyl groups excluding tert-OH is 1. The van der Waals surface area contributed by atoms with Crippen molar-refractivity contribution < 1.29 is 9.90 Å². The standard InChI is InChI=1S/C17H24N2O2/c1-14(20)17(15(2)21)8-9-18-10-12-19(13-11-18)16-6-4-3-5-7-16/h3-7,20H,8-13H2,1-2H3. The van der Waals surface area contributed by atoms with Gasteiger partial charge in [0.15, 0.2) is 5.78 Å². The van der Waals surface area contributed by atoms with Gasteiger partial charge in [-0.15, -0.1) is 0 Å². The first kappa shape index (κ1) is 15.6. The minimum atomic E-state index is -0.0297. The van der Waals surface area contributed by atoms with Crippen LogP contribution in [0.3, 0.4) is 0 Å². The van der Waals surface area contributed by atoms with Crippen molar-refractivity contribution in [1.29, 1.82) is 0 Å². The fourth-order valence-corrected chi connectivity index (χ4v) is 2.75. The van der Waals surface area contributed by atoms with Crippen LogP contribution in [0.1, 0.15) is 20.3 Å². The number of para-hydroxylation sites is 1. The van der Waals surface area contributed by atoms with Crippen LogP contribution in [-0.2, 0) is 4.79 Å². The maximum Gasteiger partial charge on any atom is 0.159 e. The van der Waals surface area contributed by atoms with E-state index < -0.39 is 0 Å². The van der Waals surface area contributed by atoms with E-state index in [0.29, 0.717) is 12.0 Å². The third-order valence-electron chi connectivity index (χ3n) is 4.03. The molecule has 1 saturated heterocycles. The van der Waals surface area contributed by atoms with Crippen LogP contribution in [0, 0.1) is 0 Å². The van der Waals surface area contributed by atoms with Gasteiger partial charge in [-0.2, -0.15) is 0 Å². The lowest BCUT2D eigenvalue weighted by molar-refractivity contribution is -0.114. The normalized spacial score (nSPS) is 17.5. The summed E-state index contributed by atoms with van der Waals surface area (Å²) in [6, 6.07) is 10.4. The van der Waals surface area contributed by atoms with Crippen molar-refractivity contribution >= 4 is 11.5 Å². The third-order valence-corrected chi connectivity index (χ3v) is 4.03. The number of ketones is 1. The zero-order chi connectivity index (χ0) is 15.2. The van der Waals surface area contributed by atoms with Crippen LogP contribution in [0.5, 0.6) is 0 Å². The second-order valence-corrected chi connectivity index (χ2v) is 5.53. The lowest BCUT2D eigenvalue weighted by Gasteiger charge is -2.36. The number of nitrogens with zero attached hydrogens (tertiary/aromatic N) is 2. The fraction of sp³-hybridized carbons (Fsp3) is 0.471. The van der Waals surface area contributed by atoms with Crippen molar-refractivity contribution in [2.75, 3.05) is 37.6 Å². The number of benzene rings is 1. The average Bonchev–Trinajstić information content (AvgIpc) is 2.48. The molecule has 0 saturated carbocycles. The first-order valence-electron chi connectivity index (χ1n) is 7.50. The van der Waals surface area contributed by atoms with Crippen LogP contribution in [0.2, 0.25) is 0 Å². The van der Waals surface area contributed by atoms with Crippen LogP contribution >= 0.6 is 0 Å². The molecule has 4 nitrogen and oxygen atoms in total. The lowest BCUT2D eigenvalue weighted by Crippen LogP contribution is -2.46. The van der Waals surface area contributed by atoms with Crippen LogP contribution in [0.25, 0.3) is 0 Å². The van der Waals surface area contributed by atoms with Crippen molar-refractivity contribution in [3.63, 3.8) is 0 Å². The number of carbonyl (C=O) groups is 1. The van der Waals surface area contributed by atoms with E-state index in [-0.39, 0.29) is 11.5 Å². The number of carbonyl (C=O) groups excluding carboxylic acids is 1. The van der Waals surface area contributed by atoms with Crippen LogP contribution in [0.4, 0.5) is 5.69 Å². The number of aliphatic hydroxyl groups is 1. The smallest absolute Gasteiger partial charge is 0.159 e. The van der Waals surface area contributed by atoms with Gasteiger partial charge >= 0.3 is 0 Å². The molecule has 1 aromatic carbocycles. The third kappa shape index (κ3) is 4.33. The molecule has 0 amide bonds. The monoisotopic (exact) mass is 288 g/mol. The van der Waals surface area contributed by atoms with Gasteiger partial charge in [0.25, 0.3) is 0 Å². The molecule has 0 aliphatic carbocycles. The Balaban J connectivity index is 1.82. The summed E-state index contributed by atoms with van der Waals surface area (Å²) in [6.07, 6.45) is 0.628. The molecule has 0 atom stereocenters. The summed E-state index contributed by atoms with van der Waals surface area (Å²) in [5.41, 5.74) is 1.83. The second kappa shape index (κ2) is 7.27. The minimum Gasteiger partial charge on any atom is -0.512 e. The number of hydrogen-bond donors (Lipinski definition) is 1. The van der Waals surface area contributed by atoms with Crippen LogP contribution < -0.4 is 4.90 Å². The van der Waals surface area contributed by atoms with Crippen molar-refractivity contribution in [3.05, 3.63) is 41.7 Å². The Hall–Kier alpha value is -1.81. The lowest BCUT2D eigenvalue weighted by atomic mass is 10.1. The minimum absolute atomic E-state index is 0.0297. The summed E-state index contributed by atoms with van der Waals surface area (Å²) in [5.74, 6) is 0.128. The zero-order valence-corrected chi connectivity index (χ0v) is 12.9. The van der Waals surface area contributed by atoms with E-state index in [2.05, 4.69) is 34.1 Å². The molecule has 1 N–H and O–H groups in total. The molecule has 114 valence electrons. The zero-order valence-electron chi connectivity index (χ0n) is 12.9. The highest BCUT2D eigenvalue weighted by Crippen LogP contribution is 2.16. The molecule has 0 bridgehead atoms. The number of anilines is 1. The Bertz CT molecular complexity index is 499. The summed E-state index contributed by atoms with van der Waals surface area (Å²) in [4.78, 5) is 16.2. The average molecular weight is 288 g/mol. The molecule has 4 heteroatoms.